The zero-order valence-corrected chi connectivity index (χ0v) is 20.8. The molecule has 1 saturated carbocycles. The third-order valence-corrected chi connectivity index (χ3v) is 6.06. The van der Waals surface area contributed by atoms with Crippen LogP contribution in [0.2, 0.25) is 0 Å². The van der Waals surface area contributed by atoms with Crippen molar-refractivity contribution in [3.8, 4) is 0 Å². The molecule has 0 atom stereocenters. The maximum Gasteiger partial charge on any atom is 0.230 e. The molecule has 0 aromatic heterocycles. The summed E-state index contributed by atoms with van der Waals surface area (Å²) in [5.74, 6) is 1.12. The van der Waals surface area contributed by atoms with Crippen LogP contribution in [0.4, 0.5) is 0 Å². The lowest BCUT2D eigenvalue weighted by Crippen LogP contribution is -2.49. The molecule has 1 amide bonds. The predicted octanol–water partition coefficient (Wildman–Crippen LogP) is 3.07. The van der Waals surface area contributed by atoms with Gasteiger partial charge >= 0.3 is 0 Å². The number of rotatable bonds is 8. The van der Waals surface area contributed by atoms with Gasteiger partial charge in [-0.2, -0.15) is 0 Å². The van der Waals surface area contributed by atoms with Crippen LogP contribution in [-0.2, 0) is 4.79 Å². The van der Waals surface area contributed by atoms with E-state index in [1.165, 1.54) is 32.5 Å². The summed E-state index contributed by atoms with van der Waals surface area (Å²) in [5.41, 5.74) is -0.296. The van der Waals surface area contributed by atoms with Gasteiger partial charge in [-0.05, 0) is 45.6 Å². The van der Waals surface area contributed by atoms with E-state index in [0.717, 1.165) is 51.0 Å². The monoisotopic (exact) mass is 507 g/mol. The predicted molar refractivity (Wildman–Crippen MR) is 128 cm³/mol. The third-order valence-electron chi connectivity index (χ3n) is 6.06. The van der Waals surface area contributed by atoms with Gasteiger partial charge in [-0.25, -0.2) is 0 Å². The van der Waals surface area contributed by atoms with E-state index < -0.39 is 0 Å². The van der Waals surface area contributed by atoms with Crippen molar-refractivity contribution in [2.45, 2.75) is 71.3 Å². The SMILES string of the molecule is CCCCN1CCC(NC(=NCC2(C(=O)N(C)C)CCCC2)NCC)CC1.I. The van der Waals surface area contributed by atoms with Crippen LogP contribution in [0.1, 0.15) is 65.2 Å². The fourth-order valence-electron chi connectivity index (χ4n) is 4.39. The first-order valence-electron chi connectivity index (χ1n) is 11.0. The molecule has 1 saturated heterocycles. The molecule has 2 N–H and O–H groups in total. The fraction of sp³-hybridized carbons (Fsp3) is 0.905. The Labute approximate surface area is 189 Å². The summed E-state index contributed by atoms with van der Waals surface area (Å²) < 4.78 is 0. The lowest BCUT2D eigenvalue weighted by molar-refractivity contribution is -0.138. The molecule has 0 unspecified atom stereocenters. The van der Waals surface area contributed by atoms with Crippen LogP contribution in [0, 0.1) is 5.41 Å². The topological polar surface area (TPSA) is 60.0 Å². The minimum absolute atomic E-state index is 0. The van der Waals surface area contributed by atoms with Gasteiger partial charge in [0.1, 0.15) is 0 Å². The molecule has 28 heavy (non-hydrogen) atoms. The summed E-state index contributed by atoms with van der Waals surface area (Å²) in [6.07, 6.45) is 9.08. The number of amides is 1. The lowest BCUT2D eigenvalue weighted by Gasteiger charge is -2.33. The first kappa shape index (κ1) is 25.5. The van der Waals surface area contributed by atoms with E-state index in [9.17, 15) is 4.79 Å². The number of piperidine rings is 1. The molecule has 1 aliphatic carbocycles. The first-order chi connectivity index (χ1) is 13.0. The van der Waals surface area contributed by atoms with Crippen LogP contribution < -0.4 is 10.6 Å². The largest absolute Gasteiger partial charge is 0.357 e. The Balaban J connectivity index is 0.00000392. The molecule has 0 aromatic carbocycles. The molecule has 2 rings (SSSR count). The molecule has 1 aliphatic heterocycles. The van der Waals surface area contributed by atoms with E-state index in [2.05, 4.69) is 29.4 Å². The molecule has 2 fully saturated rings. The molecule has 2 aliphatic rings. The summed E-state index contributed by atoms with van der Waals surface area (Å²) in [4.78, 5) is 21.9. The summed E-state index contributed by atoms with van der Waals surface area (Å²) in [7, 11) is 3.73. The van der Waals surface area contributed by atoms with Crippen molar-refractivity contribution in [2.24, 2.45) is 10.4 Å². The lowest BCUT2D eigenvalue weighted by atomic mass is 9.85. The number of hydrogen-bond donors (Lipinski definition) is 2. The van der Waals surface area contributed by atoms with E-state index in [-0.39, 0.29) is 35.3 Å². The Morgan fingerprint density at radius 2 is 1.82 bits per heavy atom. The summed E-state index contributed by atoms with van der Waals surface area (Å²) >= 11 is 0. The van der Waals surface area contributed by atoms with Gasteiger partial charge in [0, 0.05) is 39.8 Å². The smallest absolute Gasteiger partial charge is 0.230 e. The highest BCUT2D eigenvalue weighted by Crippen LogP contribution is 2.39. The standard InChI is InChI=1S/C21H41N5O.HI/c1-5-7-14-26-15-10-18(11-16-26)24-20(22-6-2)23-17-21(12-8-9-13-21)19(27)25(3)4;/h18H,5-17H2,1-4H3,(H2,22,23,24);1H. The van der Waals surface area contributed by atoms with Crippen molar-refractivity contribution in [2.75, 3.05) is 46.8 Å². The van der Waals surface area contributed by atoms with Crippen molar-refractivity contribution < 1.29 is 4.79 Å². The van der Waals surface area contributed by atoms with Crippen molar-refractivity contribution >= 4 is 35.8 Å². The number of carbonyl (C=O) groups excluding carboxylic acids is 1. The van der Waals surface area contributed by atoms with Gasteiger partial charge in [0.05, 0.1) is 12.0 Å². The molecule has 0 spiro atoms. The highest BCUT2D eigenvalue weighted by atomic mass is 127. The van der Waals surface area contributed by atoms with Gasteiger partial charge in [0.25, 0.3) is 0 Å². The molecule has 0 aromatic rings. The second kappa shape index (κ2) is 12.9. The molecular formula is C21H42IN5O. The highest BCUT2D eigenvalue weighted by Gasteiger charge is 2.42. The number of guanidine groups is 1. The first-order valence-corrected chi connectivity index (χ1v) is 11.0. The average molecular weight is 508 g/mol. The van der Waals surface area contributed by atoms with E-state index in [1.54, 1.807) is 4.90 Å². The molecular weight excluding hydrogens is 465 g/mol. The molecule has 1 heterocycles. The number of carbonyl (C=O) groups is 1. The number of hydrogen-bond acceptors (Lipinski definition) is 3. The molecule has 0 radical (unpaired) electrons. The maximum absolute atomic E-state index is 12.8. The minimum Gasteiger partial charge on any atom is -0.357 e. The number of likely N-dealkylation sites (tertiary alicyclic amines) is 1. The molecule has 164 valence electrons. The molecule has 7 heteroatoms. The van der Waals surface area contributed by atoms with Crippen LogP contribution >= 0.6 is 24.0 Å². The van der Waals surface area contributed by atoms with Crippen molar-refractivity contribution in [3.63, 3.8) is 0 Å². The van der Waals surface area contributed by atoms with Crippen LogP contribution in [0.5, 0.6) is 0 Å². The minimum atomic E-state index is -0.296. The Bertz CT molecular complexity index is 483. The average Bonchev–Trinajstić information content (AvgIpc) is 3.15. The fourth-order valence-corrected chi connectivity index (χ4v) is 4.39. The number of halogens is 1. The van der Waals surface area contributed by atoms with Crippen molar-refractivity contribution in [1.82, 2.24) is 20.4 Å². The van der Waals surface area contributed by atoms with E-state index >= 15 is 0 Å². The third kappa shape index (κ3) is 7.35. The van der Waals surface area contributed by atoms with Gasteiger partial charge in [-0.3, -0.25) is 9.79 Å². The second-order valence-corrected chi connectivity index (χ2v) is 8.50. The maximum atomic E-state index is 12.8. The molecule has 6 nitrogen and oxygen atoms in total. The number of nitrogens with zero attached hydrogens (tertiary/aromatic N) is 3. The summed E-state index contributed by atoms with van der Waals surface area (Å²) in [6.45, 7) is 9.35. The van der Waals surface area contributed by atoms with E-state index in [4.69, 9.17) is 4.99 Å². The Kier molecular flexibility index (Phi) is 11.7. The van der Waals surface area contributed by atoms with Crippen LogP contribution in [0.25, 0.3) is 0 Å². The Hall–Kier alpha value is -0.570. The normalized spacial score (nSPS) is 20.5. The van der Waals surface area contributed by atoms with Gasteiger partial charge < -0.3 is 20.4 Å². The van der Waals surface area contributed by atoms with Crippen LogP contribution in [-0.4, -0.2) is 74.5 Å². The summed E-state index contributed by atoms with van der Waals surface area (Å²) in [6, 6.07) is 0.477. The van der Waals surface area contributed by atoms with Gasteiger partial charge in [-0.1, -0.05) is 26.2 Å². The van der Waals surface area contributed by atoms with Crippen LogP contribution in [0.15, 0.2) is 4.99 Å². The number of aliphatic imine (C=N–C) groups is 1. The summed E-state index contributed by atoms with van der Waals surface area (Å²) in [5, 5.41) is 7.02. The van der Waals surface area contributed by atoms with E-state index in [0.29, 0.717) is 12.6 Å². The van der Waals surface area contributed by atoms with Gasteiger partial charge in [0.2, 0.25) is 5.91 Å². The molecule has 0 bridgehead atoms. The Morgan fingerprint density at radius 3 is 2.36 bits per heavy atom. The zero-order valence-electron chi connectivity index (χ0n) is 18.4. The quantitative estimate of drug-likeness (QED) is 0.301. The van der Waals surface area contributed by atoms with Crippen molar-refractivity contribution in [1.29, 1.82) is 0 Å². The van der Waals surface area contributed by atoms with Crippen LogP contribution in [0.3, 0.4) is 0 Å². The van der Waals surface area contributed by atoms with Gasteiger partial charge in [0.15, 0.2) is 5.96 Å². The zero-order chi connectivity index (χ0) is 19.7. The Morgan fingerprint density at radius 1 is 1.18 bits per heavy atom. The second-order valence-electron chi connectivity index (χ2n) is 8.50. The highest BCUT2D eigenvalue weighted by molar-refractivity contribution is 14.0. The number of nitrogens with one attached hydrogen (secondary N) is 2. The van der Waals surface area contributed by atoms with Crippen molar-refractivity contribution in [3.05, 3.63) is 0 Å². The number of unbranched alkanes of at least 4 members (excludes halogenated alkanes) is 1. The van der Waals surface area contributed by atoms with E-state index in [1.807, 2.05) is 14.1 Å². The van der Waals surface area contributed by atoms with Gasteiger partial charge in [-0.15, -0.1) is 24.0 Å².